The van der Waals surface area contributed by atoms with Crippen molar-refractivity contribution in [2.24, 2.45) is 0 Å². The van der Waals surface area contributed by atoms with Crippen LogP contribution in [0.3, 0.4) is 0 Å². The highest BCUT2D eigenvalue weighted by molar-refractivity contribution is 5.52. The minimum absolute atomic E-state index is 0.198. The minimum atomic E-state index is -0.356. The number of unbranched alkanes of at least 4 members (excludes halogenated alkanes) is 2. The lowest BCUT2D eigenvalue weighted by molar-refractivity contribution is 0.632. The van der Waals surface area contributed by atoms with E-state index in [9.17, 15) is 4.39 Å². The molecular weight excluding hydrogens is 179 g/mol. The average molecular weight is 196 g/mol. The quantitative estimate of drug-likeness (QED) is 0.561. The molecule has 78 valence electrons. The highest BCUT2D eigenvalue weighted by atomic mass is 19.1. The monoisotopic (exact) mass is 196 g/mol. The summed E-state index contributed by atoms with van der Waals surface area (Å²) < 4.78 is 13.0. The number of nitrogens with one attached hydrogen (secondary N) is 1. The van der Waals surface area contributed by atoms with Gasteiger partial charge in [-0.05, 0) is 24.6 Å². The molecule has 0 amide bonds. The number of hydrogen-bond acceptors (Lipinski definition) is 2. The molecule has 1 rings (SSSR count). The van der Waals surface area contributed by atoms with Crippen LogP contribution in [0.15, 0.2) is 18.2 Å². The molecule has 0 spiro atoms. The molecule has 0 saturated carbocycles. The molecule has 0 aliphatic heterocycles. The number of hydrogen-bond donors (Lipinski definition) is 2. The number of halogens is 1. The Morgan fingerprint density at radius 2 is 2.14 bits per heavy atom. The van der Waals surface area contributed by atoms with E-state index in [0.717, 1.165) is 18.7 Å². The molecule has 0 aliphatic carbocycles. The Balaban J connectivity index is 2.39. The summed E-state index contributed by atoms with van der Waals surface area (Å²) in [5, 5.41) is 3.15. The first-order valence-corrected chi connectivity index (χ1v) is 5.03. The van der Waals surface area contributed by atoms with Crippen LogP contribution in [-0.4, -0.2) is 6.54 Å². The molecule has 0 saturated heterocycles. The normalized spacial score (nSPS) is 10.1. The van der Waals surface area contributed by atoms with Gasteiger partial charge in [-0.15, -0.1) is 0 Å². The molecule has 0 radical (unpaired) electrons. The van der Waals surface area contributed by atoms with E-state index in [2.05, 4.69) is 12.2 Å². The number of nitrogen functional groups attached to an aromatic ring is 1. The molecule has 0 bridgehead atoms. The molecule has 2 nitrogen and oxygen atoms in total. The number of benzene rings is 1. The van der Waals surface area contributed by atoms with Gasteiger partial charge < -0.3 is 11.1 Å². The van der Waals surface area contributed by atoms with Crippen molar-refractivity contribution in [3.05, 3.63) is 24.0 Å². The molecule has 0 heterocycles. The van der Waals surface area contributed by atoms with Crippen molar-refractivity contribution in [1.29, 1.82) is 0 Å². The van der Waals surface area contributed by atoms with Crippen LogP contribution in [0, 0.1) is 5.82 Å². The smallest absolute Gasteiger partial charge is 0.148 e. The van der Waals surface area contributed by atoms with Gasteiger partial charge in [-0.2, -0.15) is 0 Å². The molecule has 0 aromatic heterocycles. The van der Waals surface area contributed by atoms with Gasteiger partial charge in [-0.1, -0.05) is 19.8 Å². The Bertz CT molecular complexity index is 287. The van der Waals surface area contributed by atoms with Crippen molar-refractivity contribution in [2.75, 3.05) is 17.6 Å². The molecule has 0 atom stereocenters. The Labute approximate surface area is 84.3 Å². The maximum atomic E-state index is 13.0. The highest BCUT2D eigenvalue weighted by Crippen LogP contribution is 2.15. The summed E-state index contributed by atoms with van der Waals surface area (Å²) in [6.45, 7) is 3.04. The van der Waals surface area contributed by atoms with Gasteiger partial charge in [-0.25, -0.2) is 4.39 Å². The zero-order chi connectivity index (χ0) is 10.4. The van der Waals surface area contributed by atoms with E-state index in [0.29, 0.717) is 0 Å². The molecule has 3 N–H and O–H groups in total. The minimum Gasteiger partial charge on any atom is -0.396 e. The van der Waals surface area contributed by atoms with Crippen LogP contribution in [0.5, 0.6) is 0 Å². The van der Waals surface area contributed by atoms with Crippen molar-refractivity contribution in [1.82, 2.24) is 0 Å². The van der Waals surface area contributed by atoms with Gasteiger partial charge in [0, 0.05) is 12.2 Å². The van der Waals surface area contributed by atoms with Crippen molar-refractivity contribution in [2.45, 2.75) is 26.2 Å². The Morgan fingerprint density at radius 3 is 2.79 bits per heavy atom. The van der Waals surface area contributed by atoms with Crippen LogP contribution in [0.25, 0.3) is 0 Å². The summed E-state index contributed by atoms with van der Waals surface area (Å²) in [4.78, 5) is 0. The van der Waals surface area contributed by atoms with Gasteiger partial charge in [-0.3, -0.25) is 0 Å². The zero-order valence-electron chi connectivity index (χ0n) is 8.52. The highest BCUT2D eigenvalue weighted by Gasteiger charge is 1.98. The fraction of sp³-hybridized carbons (Fsp3) is 0.455. The molecule has 14 heavy (non-hydrogen) atoms. The van der Waals surface area contributed by atoms with E-state index in [1.807, 2.05) is 0 Å². The van der Waals surface area contributed by atoms with Gasteiger partial charge in [0.15, 0.2) is 0 Å². The van der Waals surface area contributed by atoms with Gasteiger partial charge in [0.2, 0.25) is 0 Å². The largest absolute Gasteiger partial charge is 0.396 e. The summed E-state index contributed by atoms with van der Waals surface area (Å²) in [6, 6.07) is 4.81. The molecule has 0 aliphatic rings. The van der Waals surface area contributed by atoms with Crippen LogP contribution in [0.1, 0.15) is 26.2 Å². The molecule has 0 unspecified atom stereocenters. The maximum absolute atomic E-state index is 13.0. The SMILES string of the molecule is CCCCCNc1ccc(N)c(F)c1. The first-order chi connectivity index (χ1) is 6.74. The summed E-state index contributed by atoms with van der Waals surface area (Å²) in [5.41, 5.74) is 6.36. The molecular formula is C11H17FN2. The van der Waals surface area contributed by atoms with Crippen LogP contribution >= 0.6 is 0 Å². The lowest BCUT2D eigenvalue weighted by Gasteiger charge is -2.06. The fourth-order valence-corrected chi connectivity index (χ4v) is 1.24. The van der Waals surface area contributed by atoms with Crippen molar-refractivity contribution >= 4 is 11.4 Å². The van der Waals surface area contributed by atoms with Gasteiger partial charge >= 0.3 is 0 Å². The second-order valence-electron chi connectivity index (χ2n) is 3.37. The average Bonchev–Trinajstić information content (AvgIpc) is 2.18. The third-order valence-electron chi connectivity index (χ3n) is 2.11. The molecule has 0 fully saturated rings. The molecule has 1 aromatic carbocycles. The molecule has 3 heteroatoms. The van der Waals surface area contributed by atoms with Crippen LogP contribution in [-0.2, 0) is 0 Å². The predicted molar refractivity (Wildman–Crippen MR) is 58.8 cm³/mol. The maximum Gasteiger partial charge on any atom is 0.148 e. The number of rotatable bonds is 5. The summed E-state index contributed by atoms with van der Waals surface area (Å²) in [6.07, 6.45) is 3.50. The van der Waals surface area contributed by atoms with Crippen molar-refractivity contribution in [3.8, 4) is 0 Å². The van der Waals surface area contributed by atoms with Crippen molar-refractivity contribution < 1.29 is 4.39 Å². The van der Waals surface area contributed by atoms with E-state index in [1.165, 1.54) is 18.9 Å². The van der Waals surface area contributed by atoms with Gasteiger partial charge in [0.25, 0.3) is 0 Å². The molecule has 1 aromatic rings. The van der Waals surface area contributed by atoms with Crippen LogP contribution < -0.4 is 11.1 Å². The van der Waals surface area contributed by atoms with E-state index < -0.39 is 0 Å². The summed E-state index contributed by atoms with van der Waals surface area (Å²) in [7, 11) is 0. The van der Waals surface area contributed by atoms with Gasteiger partial charge in [0.1, 0.15) is 5.82 Å². The zero-order valence-corrected chi connectivity index (χ0v) is 8.52. The Hall–Kier alpha value is -1.25. The summed E-state index contributed by atoms with van der Waals surface area (Å²) >= 11 is 0. The number of anilines is 2. The van der Waals surface area contributed by atoms with Crippen molar-refractivity contribution in [3.63, 3.8) is 0 Å². The Morgan fingerprint density at radius 1 is 1.36 bits per heavy atom. The van der Waals surface area contributed by atoms with E-state index in [-0.39, 0.29) is 11.5 Å². The van der Waals surface area contributed by atoms with Gasteiger partial charge in [0.05, 0.1) is 5.69 Å². The van der Waals surface area contributed by atoms with E-state index in [1.54, 1.807) is 12.1 Å². The third-order valence-corrected chi connectivity index (χ3v) is 2.11. The second kappa shape index (κ2) is 5.47. The third kappa shape index (κ3) is 3.24. The van der Waals surface area contributed by atoms with E-state index >= 15 is 0 Å². The second-order valence-corrected chi connectivity index (χ2v) is 3.37. The lowest BCUT2D eigenvalue weighted by atomic mass is 10.2. The van der Waals surface area contributed by atoms with Crippen LogP contribution in [0.2, 0.25) is 0 Å². The first kappa shape index (κ1) is 10.8. The standard InChI is InChI=1S/C11H17FN2/c1-2-3-4-7-14-9-5-6-11(13)10(12)8-9/h5-6,8,14H,2-4,7,13H2,1H3. The van der Waals surface area contributed by atoms with Crippen LogP contribution in [0.4, 0.5) is 15.8 Å². The Kier molecular flexibility index (Phi) is 4.23. The number of nitrogens with two attached hydrogens (primary N) is 1. The predicted octanol–water partition coefficient (Wildman–Crippen LogP) is 3.01. The first-order valence-electron chi connectivity index (χ1n) is 5.03. The lowest BCUT2D eigenvalue weighted by Crippen LogP contribution is -2.02. The van der Waals surface area contributed by atoms with E-state index in [4.69, 9.17) is 5.73 Å². The fourth-order valence-electron chi connectivity index (χ4n) is 1.24. The topological polar surface area (TPSA) is 38.0 Å². The summed E-state index contributed by atoms with van der Waals surface area (Å²) in [5.74, 6) is -0.356.